The fraction of sp³-hybridized carbons (Fsp3) is 0.583. The number of hydrogen-bond acceptors (Lipinski definition) is 3. The molecule has 2 rings (SSSR count). The van der Waals surface area contributed by atoms with Gasteiger partial charge in [0.25, 0.3) is 0 Å². The SMILES string of the molecule is CCc1ccnc(O[C@@H]2CC[C@H]2NC)c1. The number of hydrogen-bond donors (Lipinski definition) is 1. The highest BCUT2D eigenvalue weighted by Gasteiger charge is 2.31. The van der Waals surface area contributed by atoms with E-state index in [2.05, 4.69) is 17.2 Å². The zero-order valence-electron chi connectivity index (χ0n) is 9.36. The molecule has 0 bridgehead atoms. The Bertz CT molecular complexity index is 325. The number of nitrogens with zero attached hydrogens (tertiary/aromatic N) is 1. The molecule has 0 spiro atoms. The fourth-order valence-electron chi connectivity index (χ4n) is 1.83. The highest BCUT2D eigenvalue weighted by molar-refractivity contribution is 5.20. The molecule has 3 nitrogen and oxygen atoms in total. The third-order valence-electron chi connectivity index (χ3n) is 3.06. The molecule has 2 atom stereocenters. The summed E-state index contributed by atoms with van der Waals surface area (Å²) in [6.45, 7) is 2.14. The van der Waals surface area contributed by atoms with E-state index in [1.165, 1.54) is 12.0 Å². The summed E-state index contributed by atoms with van der Waals surface area (Å²) in [5, 5.41) is 3.25. The van der Waals surface area contributed by atoms with Gasteiger partial charge in [-0.15, -0.1) is 0 Å². The van der Waals surface area contributed by atoms with Crippen molar-refractivity contribution in [3.8, 4) is 5.88 Å². The maximum Gasteiger partial charge on any atom is 0.213 e. The molecular formula is C12H18N2O. The van der Waals surface area contributed by atoms with Crippen molar-refractivity contribution in [2.24, 2.45) is 0 Å². The number of likely N-dealkylation sites (N-methyl/N-ethyl adjacent to an activating group) is 1. The van der Waals surface area contributed by atoms with Gasteiger partial charge in [0.05, 0.1) is 0 Å². The molecule has 3 heteroatoms. The van der Waals surface area contributed by atoms with Crippen LogP contribution in [0.3, 0.4) is 0 Å². The lowest BCUT2D eigenvalue weighted by Gasteiger charge is -2.35. The number of ether oxygens (including phenoxy) is 1. The molecule has 1 aliphatic rings. The zero-order valence-corrected chi connectivity index (χ0v) is 9.36. The standard InChI is InChI=1S/C12H18N2O/c1-3-9-6-7-14-12(8-9)15-11-5-4-10(11)13-2/h6-8,10-11,13H,3-5H2,1-2H3/t10-,11-/m1/s1. The van der Waals surface area contributed by atoms with Crippen molar-refractivity contribution < 1.29 is 4.74 Å². The highest BCUT2D eigenvalue weighted by Crippen LogP contribution is 2.24. The summed E-state index contributed by atoms with van der Waals surface area (Å²) in [4.78, 5) is 4.23. The molecule has 0 saturated heterocycles. The first-order chi connectivity index (χ1) is 7.33. The summed E-state index contributed by atoms with van der Waals surface area (Å²) in [6, 6.07) is 4.56. The fourth-order valence-corrected chi connectivity index (χ4v) is 1.83. The van der Waals surface area contributed by atoms with Crippen LogP contribution in [0.1, 0.15) is 25.3 Å². The van der Waals surface area contributed by atoms with Gasteiger partial charge in [-0.2, -0.15) is 0 Å². The topological polar surface area (TPSA) is 34.1 Å². The van der Waals surface area contributed by atoms with E-state index in [0.717, 1.165) is 18.7 Å². The first-order valence-electron chi connectivity index (χ1n) is 5.62. The van der Waals surface area contributed by atoms with E-state index >= 15 is 0 Å². The van der Waals surface area contributed by atoms with Crippen LogP contribution in [0.2, 0.25) is 0 Å². The molecule has 1 N–H and O–H groups in total. The van der Waals surface area contributed by atoms with E-state index in [9.17, 15) is 0 Å². The lowest BCUT2D eigenvalue weighted by molar-refractivity contribution is 0.0725. The Hall–Kier alpha value is -1.09. The summed E-state index contributed by atoms with van der Waals surface area (Å²) in [5.74, 6) is 0.763. The van der Waals surface area contributed by atoms with Gasteiger partial charge in [0.2, 0.25) is 5.88 Å². The van der Waals surface area contributed by atoms with E-state index in [4.69, 9.17) is 4.74 Å². The summed E-state index contributed by atoms with van der Waals surface area (Å²) in [5.41, 5.74) is 1.28. The molecule has 0 aromatic carbocycles. The quantitative estimate of drug-likeness (QED) is 0.815. The zero-order chi connectivity index (χ0) is 10.7. The molecule has 15 heavy (non-hydrogen) atoms. The van der Waals surface area contributed by atoms with Crippen LogP contribution in [0.25, 0.3) is 0 Å². The van der Waals surface area contributed by atoms with Gasteiger partial charge in [-0.1, -0.05) is 6.92 Å². The molecule has 0 amide bonds. The van der Waals surface area contributed by atoms with Crippen molar-refractivity contribution in [1.82, 2.24) is 10.3 Å². The van der Waals surface area contributed by atoms with Crippen molar-refractivity contribution in [1.29, 1.82) is 0 Å². The normalized spacial score (nSPS) is 24.7. The number of rotatable bonds is 4. The predicted molar refractivity (Wildman–Crippen MR) is 60.1 cm³/mol. The second-order valence-corrected chi connectivity index (χ2v) is 3.98. The van der Waals surface area contributed by atoms with Crippen LogP contribution < -0.4 is 10.1 Å². The van der Waals surface area contributed by atoms with E-state index in [1.54, 1.807) is 0 Å². The second-order valence-electron chi connectivity index (χ2n) is 3.98. The molecule has 82 valence electrons. The second kappa shape index (κ2) is 4.62. The van der Waals surface area contributed by atoms with Gasteiger partial charge < -0.3 is 10.1 Å². The monoisotopic (exact) mass is 206 g/mol. The van der Waals surface area contributed by atoms with Crippen LogP contribution in [0, 0.1) is 0 Å². The summed E-state index contributed by atoms with van der Waals surface area (Å²) < 4.78 is 5.82. The van der Waals surface area contributed by atoms with Crippen LogP contribution in [0.15, 0.2) is 18.3 Å². The van der Waals surface area contributed by atoms with Gasteiger partial charge in [-0.05, 0) is 37.9 Å². The molecule has 1 aliphatic carbocycles. The Balaban J connectivity index is 1.98. The Kier molecular flexibility index (Phi) is 3.21. The molecule has 0 radical (unpaired) electrons. The molecule has 0 unspecified atom stereocenters. The van der Waals surface area contributed by atoms with Crippen molar-refractivity contribution in [3.63, 3.8) is 0 Å². The maximum atomic E-state index is 5.82. The average molecular weight is 206 g/mol. The lowest BCUT2D eigenvalue weighted by atomic mass is 9.89. The molecule has 1 fully saturated rings. The van der Waals surface area contributed by atoms with Gasteiger partial charge >= 0.3 is 0 Å². The van der Waals surface area contributed by atoms with Gasteiger partial charge in [-0.25, -0.2) is 4.98 Å². The van der Waals surface area contributed by atoms with Crippen LogP contribution in [-0.4, -0.2) is 24.2 Å². The van der Waals surface area contributed by atoms with Crippen molar-refractivity contribution in [3.05, 3.63) is 23.9 Å². The largest absolute Gasteiger partial charge is 0.473 e. The minimum atomic E-state index is 0.301. The highest BCUT2D eigenvalue weighted by atomic mass is 16.5. The first-order valence-corrected chi connectivity index (χ1v) is 5.62. The molecule has 1 saturated carbocycles. The Morgan fingerprint density at radius 2 is 2.40 bits per heavy atom. The van der Waals surface area contributed by atoms with E-state index < -0.39 is 0 Å². The number of aromatic nitrogens is 1. The minimum absolute atomic E-state index is 0.301. The van der Waals surface area contributed by atoms with E-state index in [0.29, 0.717) is 12.1 Å². The van der Waals surface area contributed by atoms with Gasteiger partial charge in [-0.3, -0.25) is 0 Å². The lowest BCUT2D eigenvalue weighted by Crippen LogP contribution is -2.49. The Labute approximate surface area is 90.9 Å². The Morgan fingerprint density at radius 1 is 1.53 bits per heavy atom. The van der Waals surface area contributed by atoms with E-state index in [1.807, 2.05) is 25.4 Å². The van der Waals surface area contributed by atoms with Gasteiger partial charge in [0.1, 0.15) is 6.10 Å². The van der Waals surface area contributed by atoms with Crippen LogP contribution in [0.4, 0.5) is 0 Å². The summed E-state index contributed by atoms with van der Waals surface area (Å²) in [6.07, 6.45) is 5.48. The Morgan fingerprint density at radius 3 is 3.00 bits per heavy atom. The average Bonchev–Trinajstić information content (AvgIpc) is 2.25. The third-order valence-corrected chi connectivity index (χ3v) is 3.06. The third kappa shape index (κ3) is 2.29. The molecule has 0 aliphatic heterocycles. The van der Waals surface area contributed by atoms with Crippen LogP contribution in [-0.2, 0) is 6.42 Å². The first kappa shape index (κ1) is 10.4. The molecule has 1 heterocycles. The molecule has 1 aromatic heterocycles. The van der Waals surface area contributed by atoms with Crippen molar-refractivity contribution >= 4 is 0 Å². The van der Waals surface area contributed by atoms with Gasteiger partial charge in [0.15, 0.2) is 0 Å². The molecular weight excluding hydrogens is 188 g/mol. The van der Waals surface area contributed by atoms with Gasteiger partial charge in [0, 0.05) is 18.3 Å². The number of pyridine rings is 1. The molecule has 1 aromatic rings. The number of aryl methyl sites for hydroxylation is 1. The maximum absolute atomic E-state index is 5.82. The minimum Gasteiger partial charge on any atom is -0.473 e. The van der Waals surface area contributed by atoms with Crippen molar-refractivity contribution in [2.45, 2.75) is 38.3 Å². The van der Waals surface area contributed by atoms with Crippen molar-refractivity contribution in [2.75, 3.05) is 7.05 Å². The van der Waals surface area contributed by atoms with Crippen LogP contribution in [0.5, 0.6) is 5.88 Å². The predicted octanol–water partition coefficient (Wildman–Crippen LogP) is 1.77. The van der Waals surface area contributed by atoms with E-state index in [-0.39, 0.29) is 0 Å². The number of nitrogens with one attached hydrogen (secondary N) is 1. The smallest absolute Gasteiger partial charge is 0.213 e. The van der Waals surface area contributed by atoms with Crippen LogP contribution >= 0.6 is 0 Å². The summed E-state index contributed by atoms with van der Waals surface area (Å²) in [7, 11) is 1.98. The summed E-state index contributed by atoms with van der Waals surface area (Å²) >= 11 is 0.